The van der Waals surface area contributed by atoms with Crippen LogP contribution in [0.4, 0.5) is 23.3 Å². The Morgan fingerprint density at radius 1 is 1.03 bits per heavy atom. The van der Waals surface area contributed by atoms with Gasteiger partial charge in [-0.3, -0.25) is 4.79 Å². The van der Waals surface area contributed by atoms with E-state index in [0.29, 0.717) is 23.9 Å². The normalized spacial score (nSPS) is 10.7. The second kappa shape index (κ2) is 10.8. The minimum absolute atomic E-state index is 0.0365. The van der Waals surface area contributed by atoms with E-state index in [4.69, 9.17) is 5.73 Å². The van der Waals surface area contributed by atoms with E-state index < -0.39 is 0 Å². The van der Waals surface area contributed by atoms with E-state index in [9.17, 15) is 4.79 Å². The molecule has 7 nitrogen and oxygen atoms in total. The molecule has 0 saturated heterocycles. The Labute approximate surface area is 187 Å². The van der Waals surface area contributed by atoms with Crippen molar-refractivity contribution in [2.24, 2.45) is 0 Å². The number of nitrogens with one attached hydrogen (secondary N) is 2. The van der Waals surface area contributed by atoms with Gasteiger partial charge in [-0.2, -0.15) is 26.7 Å². The molecule has 4 N–H and O–H groups in total. The highest BCUT2D eigenvalue weighted by Gasteiger charge is 2.09. The fraction of sp³-hybridized carbons (Fsp3) is 0.304. The number of benzene rings is 2. The predicted molar refractivity (Wildman–Crippen MR) is 129 cm³/mol. The number of hydrogen-bond acceptors (Lipinski definition) is 7. The van der Waals surface area contributed by atoms with Crippen LogP contribution in [-0.2, 0) is 10.5 Å². The van der Waals surface area contributed by atoms with Crippen molar-refractivity contribution in [2.75, 3.05) is 22.1 Å². The van der Waals surface area contributed by atoms with Gasteiger partial charge in [0.05, 0.1) is 5.75 Å². The molecule has 0 aliphatic rings. The van der Waals surface area contributed by atoms with Gasteiger partial charge in [-0.05, 0) is 56.2 Å². The Balaban J connectivity index is 1.44. The maximum absolute atomic E-state index is 12.3. The second-order valence-electron chi connectivity index (χ2n) is 7.40. The van der Waals surface area contributed by atoms with Crippen LogP contribution >= 0.6 is 11.8 Å². The van der Waals surface area contributed by atoms with Gasteiger partial charge in [0, 0.05) is 17.8 Å². The molecule has 0 aliphatic heterocycles. The van der Waals surface area contributed by atoms with E-state index in [-0.39, 0.29) is 11.9 Å². The molecule has 0 spiro atoms. The highest BCUT2D eigenvalue weighted by molar-refractivity contribution is 7.98. The zero-order valence-electron chi connectivity index (χ0n) is 18.1. The third kappa shape index (κ3) is 6.96. The van der Waals surface area contributed by atoms with Gasteiger partial charge in [0.2, 0.25) is 17.8 Å². The molecule has 0 fully saturated rings. The lowest BCUT2D eigenvalue weighted by Gasteiger charge is -2.12. The summed E-state index contributed by atoms with van der Waals surface area (Å²) < 4.78 is 0. The summed E-state index contributed by atoms with van der Waals surface area (Å²) in [6.07, 6.45) is 1.25. The molecule has 1 aromatic heterocycles. The first-order valence-electron chi connectivity index (χ1n) is 10.2. The molecule has 0 aliphatic carbocycles. The standard InChI is InChI=1S/C23H28N6OS/c1-15-12-16(2)21(17(3)13-15)28-20(30)10-7-11-31-14-19-26-22(24)29-23(27-19)25-18-8-5-4-6-9-18/h4-6,8-9,12-13H,7,10-11,14H2,1-3H3,(H,28,30)(H3,24,25,26,27,29). The van der Waals surface area contributed by atoms with Gasteiger partial charge >= 0.3 is 0 Å². The van der Waals surface area contributed by atoms with Gasteiger partial charge in [-0.15, -0.1) is 0 Å². The summed E-state index contributed by atoms with van der Waals surface area (Å²) >= 11 is 1.67. The van der Waals surface area contributed by atoms with Crippen molar-refractivity contribution < 1.29 is 4.79 Å². The topological polar surface area (TPSA) is 106 Å². The average Bonchev–Trinajstić information content (AvgIpc) is 2.71. The zero-order chi connectivity index (χ0) is 22.2. The SMILES string of the molecule is Cc1cc(C)c(NC(=O)CCCSCc2nc(N)nc(Nc3ccccc3)n2)c(C)c1. The molecule has 3 aromatic rings. The first kappa shape index (κ1) is 22.6. The van der Waals surface area contributed by atoms with E-state index in [1.165, 1.54) is 5.56 Å². The average molecular weight is 437 g/mol. The number of aryl methyl sites for hydroxylation is 3. The molecular formula is C23H28N6OS. The Morgan fingerprint density at radius 3 is 2.45 bits per heavy atom. The quantitative estimate of drug-likeness (QED) is 0.415. The zero-order valence-corrected chi connectivity index (χ0v) is 18.9. The number of carbonyl (C=O) groups excluding carboxylic acids is 1. The van der Waals surface area contributed by atoms with Crippen LogP contribution in [0.2, 0.25) is 0 Å². The van der Waals surface area contributed by atoms with Crippen LogP contribution in [0.25, 0.3) is 0 Å². The number of thioether (sulfide) groups is 1. The van der Waals surface area contributed by atoms with Gasteiger partial charge in [0.25, 0.3) is 0 Å². The number of nitrogen functional groups attached to an aromatic ring is 1. The largest absolute Gasteiger partial charge is 0.368 e. The smallest absolute Gasteiger partial charge is 0.232 e. The number of hydrogen-bond donors (Lipinski definition) is 3. The summed E-state index contributed by atoms with van der Waals surface area (Å²) in [5.74, 6) is 2.70. The molecule has 1 amide bonds. The van der Waals surface area contributed by atoms with E-state index in [1.54, 1.807) is 11.8 Å². The van der Waals surface area contributed by atoms with Crippen LogP contribution < -0.4 is 16.4 Å². The lowest BCUT2D eigenvalue weighted by molar-refractivity contribution is -0.116. The Morgan fingerprint density at radius 2 is 1.74 bits per heavy atom. The molecule has 31 heavy (non-hydrogen) atoms. The third-order valence-electron chi connectivity index (χ3n) is 4.59. The van der Waals surface area contributed by atoms with Gasteiger partial charge in [-0.25, -0.2) is 0 Å². The highest BCUT2D eigenvalue weighted by Crippen LogP contribution is 2.22. The molecule has 0 unspecified atom stereocenters. The van der Waals surface area contributed by atoms with Crippen LogP contribution in [0, 0.1) is 20.8 Å². The van der Waals surface area contributed by atoms with Crippen LogP contribution in [0.5, 0.6) is 0 Å². The fourth-order valence-electron chi connectivity index (χ4n) is 3.29. The van der Waals surface area contributed by atoms with Crippen molar-refractivity contribution in [1.29, 1.82) is 0 Å². The van der Waals surface area contributed by atoms with Crippen LogP contribution in [0.15, 0.2) is 42.5 Å². The molecule has 0 saturated carbocycles. The number of rotatable bonds is 9. The summed E-state index contributed by atoms with van der Waals surface area (Å²) in [6.45, 7) is 6.10. The number of amides is 1. The van der Waals surface area contributed by atoms with Crippen molar-refractivity contribution in [3.63, 3.8) is 0 Å². The van der Waals surface area contributed by atoms with Gasteiger partial charge < -0.3 is 16.4 Å². The molecule has 162 valence electrons. The second-order valence-corrected chi connectivity index (χ2v) is 8.51. The molecule has 2 aromatic carbocycles. The Kier molecular flexibility index (Phi) is 7.83. The molecule has 1 heterocycles. The lowest BCUT2D eigenvalue weighted by atomic mass is 10.0. The monoisotopic (exact) mass is 436 g/mol. The van der Waals surface area contributed by atoms with Gasteiger partial charge in [0.15, 0.2) is 0 Å². The minimum Gasteiger partial charge on any atom is -0.368 e. The fourth-order valence-corrected chi connectivity index (χ4v) is 4.09. The number of aromatic nitrogens is 3. The van der Waals surface area contributed by atoms with E-state index >= 15 is 0 Å². The number of carbonyl (C=O) groups is 1. The van der Waals surface area contributed by atoms with Crippen LogP contribution in [-0.4, -0.2) is 26.6 Å². The molecule has 0 atom stereocenters. The number of nitrogens with two attached hydrogens (primary N) is 1. The summed E-state index contributed by atoms with van der Waals surface area (Å²) in [4.78, 5) is 25.1. The van der Waals surface area contributed by atoms with E-state index in [2.05, 4.69) is 44.6 Å². The Hall–Kier alpha value is -3.13. The first-order chi connectivity index (χ1) is 14.9. The van der Waals surface area contributed by atoms with Gasteiger partial charge in [-0.1, -0.05) is 35.9 Å². The van der Waals surface area contributed by atoms with E-state index in [1.807, 2.05) is 44.2 Å². The third-order valence-corrected chi connectivity index (χ3v) is 5.63. The van der Waals surface area contributed by atoms with Crippen molar-refractivity contribution in [2.45, 2.75) is 39.4 Å². The number of anilines is 4. The van der Waals surface area contributed by atoms with Crippen LogP contribution in [0.3, 0.4) is 0 Å². The molecular weight excluding hydrogens is 408 g/mol. The van der Waals surface area contributed by atoms with Crippen molar-refractivity contribution in [1.82, 2.24) is 15.0 Å². The number of nitrogens with zero attached hydrogens (tertiary/aromatic N) is 3. The molecule has 3 rings (SSSR count). The molecule has 0 radical (unpaired) electrons. The number of para-hydroxylation sites is 1. The lowest BCUT2D eigenvalue weighted by Crippen LogP contribution is -2.13. The maximum Gasteiger partial charge on any atom is 0.232 e. The summed E-state index contributed by atoms with van der Waals surface area (Å²) in [5.41, 5.74) is 11.0. The van der Waals surface area contributed by atoms with Crippen LogP contribution in [0.1, 0.15) is 35.4 Å². The highest BCUT2D eigenvalue weighted by atomic mass is 32.2. The summed E-state index contributed by atoms with van der Waals surface area (Å²) in [6, 6.07) is 13.8. The minimum atomic E-state index is 0.0365. The first-order valence-corrected chi connectivity index (χ1v) is 11.3. The van der Waals surface area contributed by atoms with Crippen molar-refractivity contribution in [3.05, 3.63) is 65.0 Å². The van der Waals surface area contributed by atoms with E-state index in [0.717, 1.165) is 34.7 Å². The predicted octanol–water partition coefficient (Wildman–Crippen LogP) is 4.77. The summed E-state index contributed by atoms with van der Waals surface area (Å²) in [5, 5.41) is 6.18. The molecule has 0 bridgehead atoms. The Bertz CT molecular complexity index is 1020. The summed E-state index contributed by atoms with van der Waals surface area (Å²) in [7, 11) is 0. The van der Waals surface area contributed by atoms with Crippen molar-refractivity contribution >= 4 is 40.9 Å². The maximum atomic E-state index is 12.3. The van der Waals surface area contributed by atoms with Gasteiger partial charge in [0.1, 0.15) is 5.82 Å². The molecule has 8 heteroatoms. The van der Waals surface area contributed by atoms with Crippen molar-refractivity contribution in [3.8, 4) is 0 Å².